The minimum Gasteiger partial charge on any atom is -0.312 e. The molecule has 1 N–H and O–H groups in total. The second-order valence-corrected chi connectivity index (χ2v) is 6.43. The van der Waals surface area contributed by atoms with Crippen molar-refractivity contribution in [3.05, 3.63) is 33.3 Å². The molecule has 1 saturated carbocycles. The van der Waals surface area contributed by atoms with Gasteiger partial charge in [-0.2, -0.15) is 0 Å². The van der Waals surface area contributed by atoms with Crippen molar-refractivity contribution in [1.29, 1.82) is 0 Å². The van der Waals surface area contributed by atoms with Crippen LogP contribution in [0.5, 0.6) is 0 Å². The fraction of sp³-hybridized carbons (Fsp3) is 0.571. The molecular weight excluding hydrogens is 298 g/mol. The van der Waals surface area contributed by atoms with Crippen LogP contribution in [-0.2, 0) is 6.54 Å². The third kappa shape index (κ3) is 3.97. The van der Waals surface area contributed by atoms with E-state index in [1.807, 2.05) is 12.1 Å². The zero-order valence-corrected chi connectivity index (χ0v) is 12.5. The Morgan fingerprint density at radius 2 is 2.24 bits per heavy atom. The largest absolute Gasteiger partial charge is 0.312 e. The normalized spacial score (nSPS) is 24.2. The smallest absolute Gasteiger partial charge is 0.0551 e. The van der Waals surface area contributed by atoms with Crippen LogP contribution in [0.15, 0.2) is 22.7 Å². The minimum atomic E-state index is 0.791. The van der Waals surface area contributed by atoms with Gasteiger partial charge in [0.2, 0.25) is 0 Å². The highest BCUT2D eigenvalue weighted by molar-refractivity contribution is 9.10. The van der Waals surface area contributed by atoms with Crippen molar-refractivity contribution < 1.29 is 0 Å². The van der Waals surface area contributed by atoms with Crippen molar-refractivity contribution in [2.24, 2.45) is 11.8 Å². The first-order chi connectivity index (χ1) is 8.15. The molecule has 94 valence electrons. The minimum absolute atomic E-state index is 0.791. The lowest BCUT2D eigenvalue weighted by molar-refractivity contribution is 0.470. The molecule has 1 aromatic rings. The average Bonchev–Trinajstić information content (AvgIpc) is 2.70. The van der Waals surface area contributed by atoms with Crippen molar-refractivity contribution in [1.82, 2.24) is 5.32 Å². The van der Waals surface area contributed by atoms with Crippen LogP contribution < -0.4 is 5.32 Å². The van der Waals surface area contributed by atoms with Gasteiger partial charge in [-0.15, -0.1) is 0 Å². The highest BCUT2D eigenvalue weighted by Crippen LogP contribution is 2.29. The van der Waals surface area contributed by atoms with E-state index in [1.165, 1.54) is 24.8 Å². The van der Waals surface area contributed by atoms with Crippen LogP contribution in [0.2, 0.25) is 5.02 Å². The van der Waals surface area contributed by atoms with Gasteiger partial charge in [0.05, 0.1) is 5.02 Å². The third-order valence-electron chi connectivity index (χ3n) is 3.55. The summed E-state index contributed by atoms with van der Waals surface area (Å²) in [5.74, 6) is 1.79. The molecule has 2 rings (SSSR count). The van der Waals surface area contributed by atoms with Gasteiger partial charge in [0, 0.05) is 11.0 Å². The first kappa shape index (κ1) is 13.4. The van der Waals surface area contributed by atoms with E-state index in [0.717, 1.165) is 34.4 Å². The monoisotopic (exact) mass is 315 g/mol. The first-order valence-electron chi connectivity index (χ1n) is 6.30. The molecule has 0 amide bonds. The van der Waals surface area contributed by atoms with Crippen LogP contribution in [-0.4, -0.2) is 6.54 Å². The summed E-state index contributed by atoms with van der Waals surface area (Å²) in [6.45, 7) is 4.41. The number of rotatable bonds is 4. The van der Waals surface area contributed by atoms with E-state index >= 15 is 0 Å². The van der Waals surface area contributed by atoms with Crippen molar-refractivity contribution in [2.75, 3.05) is 6.54 Å². The van der Waals surface area contributed by atoms with Crippen LogP contribution in [0, 0.1) is 11.8 Å². The lowest BCUT2D eigenvalue weighted by atomic mass is 10.1. The van der Waals surface area contributed by atoms with Crippen molar-refractivity contribution in [2.45, 2.75) is 32.7 Å². The van der Waals surface area contributed by atoms with E-state index in [-0.39, 0.29) is 0 Å². The Bertz CT molecular complexity index is 380. The molecular formula is C14H19BrClN. The second kappa shape index (κ2) is 6.21. The molecule has 0 radical (unpaired) electrons. The lowest BCUT2D eigenvalue weighted by Gasteiger charge is -2.11. The predicted molar refractivity (Wildman–Crippen MR) is 77.4 cm³/mol. The van der Waals surface area contributed by atoms with E-state index in [4.69, 9.17) is 11.6 Å². The number of hydrogen-bond acceptors (Lipinski definition) is 1. The van der Waals surface area contributed by atoms with E-state index in [1.54, 1.807) is 0 Å². The first-order valence-corrected chi connectivity index (χ1v) is 7.47. The highest BCUT2D eigenvalue weighted by Gasteiger charge is 2.20. The molecule has 1 aliphatic rings. The Morgan fingerprint density at radius 3 is 2.88 bits per heavy atom. The highest BCUT2D eigenvalue weighted by atomic mass is 79.9. The van der Waals surface area contributed by atoms with Gasteiger partial charge in [-0.3, -0.25) is 0 Å². The third-order valence-corrected chi connectivity index (χ3v) is 4.78. The fourth-order valence-electron chi connectivity index (χ4n) is 2.58. The molecule has 0 bridgehead atoms. The van der Waals surface area contributed by atoms with E-state index in [0.29, 0.717) is 0 Å². The summed E-state index contributed by atoms with van der Waals surface area (Å²) in [6.07, 6.45) is 4.17. The Morgan fingerprint density at radius 1 is 1.41 bits per heavy atom. The Kier molecular flexibility index (Phi) is 4.89. The van der Waals surface area contributed by atoms with Crippen LogP contribution in [0.25, 0.3) is 0 Å². The van der Waals surface area contributed by atoms with Gasteiger partial charge in [0.15, 0.2) is 0 Å². The van der Waals surface area contributed by atoms with Gasteiger partial charge in [-0.1, -0.05) is 31.0 Å². The Hall–Kier alpha value is -0.0500. The fourth-order valence-corrected chi connectivity index (χ4v) is 3.03. The van der Waals surface area contributed by atoms with Crippen molar-refractivity contribution in [3.63, 3.8) is 0 Å². The molecule has 3 heteroatoms. The summed E-state index contributed by atoms with van der Waals surface area (Å²) in [4.78, 5) is 0. The van der Waals surface area contributed by atoms with Gasteiger partial charge in [0.1, 0.15) is 0 Å². The molecule has 0 heterocycles. The van der Waals surface area contributed by atoms with Crippen molar-refractivity contribution in [3.8, 4) is 0 Å². The van der Waals surface area contributed by atoms with E-state index < -0.39 is 0 Å². The molecule has 0 aliphatic heterocycles. The molecule has 17 heavy (non-hydrogen) atoms. The molecule has 0 spiro atoms. The molecule has 0 aromatic heterocycles. The van der Waals surface area contributed by atoms with Gasteiger partial charge < -0.3 is 5.32 Å². The molecule has 1 fully saturated rings. The Labute approximate surface area is 117 Å². The topological polar surface area (TPSA) is 12.0 Å². The molecule has 1 aromatic carbocycles. The summed E-state index contributed by atoms with van der Waals surface area (Å²) in [5, 5.41) is 4.33. The molecule has 2 atom stereocenters. The van der Waals surface area contributed by atoms with E-state index in [9.17, 15) is 0 Å². The maximum absolute atomic E-state index is 6.06. The van der Waals surface area contributed by atoms with Gasteiger partial charge in [-0.25, -0.2) is 0 Å². The van der Waals surface area contributed by atoms with Crippen molar-refractivity contribution >= 4 is 27.5 Å². The zero-order valence-electron chi connectivity index (χ0n) is 10.2. The number of benzene rings is 1. The van der Waals surface area contributed by atoms with Crippen LogP contribution in [0.3, 0.4) is 0 Å². The Balaban J connectivity index is 1.76. The summed E-state index contributed by atoms with van der Waals surface area (Å²) < 4.78 is 0.965. The summed E-state index contributed by atoms with van der Waals surface area (Å²) in [6, 6.07) is 6.15. The molecule has 0 saturated heterocycles. The molecule has 1 nitrogen and oxygen atoms in total. The van der Waals surface area contributed by atoms with Gasteiger partial charge in [0.25, 0.3) is 0 Å². The average molecular weight is 317 g/mol. The maximum Gasteiger partial charge on any atom is 0.0551 e. The summed E-state index contributed by atoms with van der Waals surface area (Å²) >= 11 is 9.47. The van der Waals surface area contributed by atoms with Crippen LogP contribution in [0.1, 0.15) is 31.7 Å². The van der Waals surface area contributed by atoms with Crippen LogP contribution in [0.4, 0.5) is 0 Å². The van der Waals surface area contributed by atoms with Crippen LogP contribution >= 0.6 is 27.5 Å². The van der Waals surface area contributed by atoms with Gasteiger partial charge >= 0.3 is 0 Å². The number of halogens is 2. The van der Waals surface area contributed by atoms with Gasteiger partial charge in [-0.05, 0) is 64.8 Å². The SMILES string of the molecule is CC1CCC(CNCc2ccc(Br)c(Cl)c2)C1. The molecule has 1 aliphatic carbocycles. The van der Waals surface area contributed by atoms with E-state index in [2.05, 4.69) is 34.2 Å². The number of hydrogen-bond donors (Lipinski definition) is 1. The summed E-state index contributed by atoms with van der Waals surface area (Å²) in [5.41, 5.74) is 1.25. The zero-order chi connectivity index (χ0) is 12.3. The number of nitrogens with one attached hydrogen (secondary N) is 1. The second-order valence-electron chi connectivity index (χ2n) is 5.16. The molecule has 2 unspecified atom stereocenters. The quantitative estimate of drug-likeness (QED) is 0.854. The maximum atomic E-state index is 6.06. The standard InChI is InChI=1S/C14H19BrClN/c1-10-2-3-11(6-10)8-17-9-12-4-5-13(15)14(16)7-12/h4-5,7,10-11,17H,2-3,6,8-9H2,1H3. The predicted octanol–water partition coefficient (Wildman–Crippen LogP) is 4.63. The lowest BCUT2D eigenvalue weighted by Crippen LogP contribution is -2.20. The summed E-state index contributed by atoms with van der Waals surface area (Å²) in [7, 11) is 0.